The summed E-state index contributed by atoms with van der Waals surface area (Å²) in [5, 5.41) is 3.10. The Morgan fingerprint density at radius 2 is 1.88 bits per heavy atom. The Morgan fingerprint density at radius 1 is 1.31 bits per heavy atom. The van der Waals surface area contributed by atoms with Crippen LogP contribution in [0.5, 0.6) is 0 Å². The van der Waals surface area contributed by atoms with Gasteiger partial charge in [0.1, 0.15) is 11.4 Å². The largest absolute Gasteiger partial charge is 0.444 e. The average molecular weight is 360 g/mol. The van der Waals surface area contributed by atoms with E-state index in [-0.39, 0.29) is 6.09 Å². The molecule has 1 amide bonds. The number of allylic oxidation sites excluding steroid dienone is 3. The minimum atomic E-state index is -0.534. The van der Waals surface area contributed by atoms with Gasteiger partial charge in [0.2, 0.25) is 0 Å². The Labute approximate surface area is 159 Å². The highest BCUT2D eigenvalue weighted by molar-refractivity contribution is 5.88. The highest BCUT2D eigenvalue weighted by Crippen LogP contribution is 2.11. The lowest BCUT2D eigenvalue weighted by Gasteiger charge is -2.28. The molecule has 26 heavy (non-hydrogen) atoms. The Balaban J connectivity index is 0. The van der Waals surface area contributed by atoms with Crippen LogP contribution in [-0.4, -0.2) is 42.6 Å². The topological polar surface area (TPSA) is 53.9 Å². The maximum atomic E-state index is 12.3. The first kappa shape index (κ1) is 25.5. The van der Waals surface area contributed by atoms with Gasteiger partial charge in [-0.25, -0.2) is 4.79 Å². The molecule has 5 nitrogen and oxygen atoms in total. The second-order valence-corrected chi connectivity index (χ2v) is 6.30. The van der Waals surface area contributed by atoms with Crippen molar-refractivity contribution in [3.8, 4) is 12.8 Å². The number of hydrogen-bond donors (Lipinski definition) is 1. The fourth-order valence-electron chi connectivity index (χ4n) is 1.72. The number of terminal acetylenes is 1. The standard InChI is InChI=1S/C19H31N3O2.C2H2/c1-9-11-12-15(3)16(4)21-17(20-8)14-22(13-10-2)18(23)24-19(5,6)7;1-2/h9,11-12H,1,3-4,10,13-14H2,2,5-8H3,(H,20,21);1-2H/b12-11-;. The number of nitrogens with zero attached hydrogens (tertiary/aromatic N) is 2. The fourth-order valence-corrected chi connectivity index (χ4v) is 1.72. The molecule has 0 aliphatic carbocycles. The van der Waals surface area contributed by atoms with Gasteiger partial charge in [0.05, 0.1) is 6.54 Å². The monoisotopic (exact) mass is 359 g/mol. The predicted octanol–water partition coefficient (Wildman–Crippen LogP) is 4.31. The van der Waals surface area contributed by atoms with Crippen LogP contribution < -0.4 is 5.32 Å². The van der Waals surface area contributed by atoms with Gasteiger partial charge in [0.15, 0.2) is 0 Å². The molecule has 0 aliphatic heterocycles. The van der Waals surface area contributed by atoms with Crippen LogP contribution in [0.2, 0.25) is 0 Å². The molecule has 0 rings (SSSR count). The van der Waals surface area contributed by atoms with Crippen LogP contribution >= 0.6 is 0 Å². The number of ether oxygens (including phenoxy) is 1. The number of aliphatic imine (C=N–C) groups is 1. The number of carbonyl (C=O) groups excluding carboxylic acids is 1. The number of hydrogen-bond acceptors (Lipinski definition) is 3. The maximum absolute atomic E-state index is 12.3. The molecule has 0 aromatic heterocycles. The quantitative estimate of drug-likeness (QED) is 0.304. The van der Waals surface area contributed by atoms with E-state index in [4.69, 9.17) is 4.74 Å². The molecule has 0 aliphatic rings. The number of carbonyl (C=O) groups is 1. The Kier molecular flexibility index (Phi) is 13.3. The van der Waals surface area contributed by atoms with E-state index in [0.717, 1.165) is 12.0 Å². The predicted molar refractivity (Wildman–Crippen MR) is 112 cm³/mol. The van der Waals surface area contributed by atoms with Gasteiger partial charge in [-0.05, 0) is 32.8 Å². The SMILES string of the molecule is C#C.C=C/C=C\C(=C)C(=C)NC(CN(CCC)C(=O)OC(C)(C)C)=NC. The molecule has 0 aromatic rings. The van der Waals surface area contributed by atoms with Gasteiger partial charge < -0.3 is 15.0 Å². The van der Waals surface area contributed by atoms with Crippen molar-refractivity contribution < 1.29 is 9.53 Å². The number of amides is 1. The lowest BCUT2D eigenvalue weighted by molar-refractivity contribution is 0.0278. The highest BCUT2D eigenvalue weighted by Gasteiger charge is 2.22. The molecule has 0 radical (unpaired) electrons. The van der Waals surface area contributed by atoms with Crippen LogP contribution in [0.15, 0.2) is 54.2 Å². The molecule has 0 saturated heterocycles. The molecule has 0 atom stereocenters. The van der Waals surface area contributed by atoms with Crippen molar-refractivity contribution in [2.45, 2.75) is 39.7 Å². The van der Waals surface area contributed by atoms with Crippen LogP contribution in [0, 0.1) is 12.8 Å². The second kappa shape index (κ2) is 13.5. The molecule has 0 saturated carbocycles. The first-order chi connectivity index (χ1) is 12.1. The van der Waals surface area contributed by atoms with Gasteiger partial charge >= 0.3 is 6.09 Å². The van der Waals surface area contributed by atoms with E-state index in [1.165, 1.54) is 0 Å². The van der Waals surface area contributed by atoms with Crippen LogP contribution in [0.3, 0.4) is 0 Å². The van der Waals surface area contributed by atoms with Crippen molar-refractivity contribution >= 4 is 11.9 Å². The molecule has 1 N–H and O–H groups in total. The van der Waals surface area contributed by atoms with Crippen molar-refractivity contribution in [1.82, 2.24) is 10.2 Å². The summed E-state index contributed by atoms with van der Waals surface area (Å²) >= 11 is 0. The van der Waals surface area contributed by atoms with Gasteiger partial charge in [0, 0.05) is 19.3 Å². The third-order valence-electron chi connectivity index (χ3n) is 2.87. The van der Waals surface area contributed by atoms with Gasteiger partial charge in [-0.2, -0.15) is 0 Å². The third kappa shape index (κ3) is 11.7. The molecule has 5 heteroatoms. The molecule has 0 spiro atoms. The van der Waals surface area contributed by atoms with E-state index in [2.05, 4.69) is 42.9 Å². The van der Waals surface area contributed by atoms with Gasteiger partial charge in [0.25, 0.3) is 0 Å². The van der Waals surface area contributed by atoms with Crippen molar-refractivity contribution in [2.24, 2.45) is 4.99 Å². The van der Waals surface area contributed by atoms with E-state index in [9.17, 15) is 4.79 Å². The summed E-state index contributed by atoms with van der Waals surface area (Å²) in [5.74, 6) is 0.618. The van der Waals surface area contributed by atoms with E-state index in [0.29, 0.717) is 24.6 Å². The number of rotatable bonds is 8. The zero-order chi connectivity index (χ0) is 20.8. The summed E-state index contributed by atoms with van der Waals surface area (Å²) in [5.41, 5.74) is 0.803. The zero-order valence-electron chi connectivity index (χ0n) is 16.8. The Morgan fingerprint density at radius 3 is 2.31 bits per heavy atom. The number of amidine groups is 1. The van der Waals surface area contributed by atoms with E-state index >= 15 is 0 Å². The molecule has 0 bridgehead atoms. The van der Waals surface area contributed by atoms with Crippen molar-refractivity contribution in [3.05, 3.63) is 49.2 Å². The normalized spacial score (nSPS) is 11.1. The van der Waals surface area contributed by atoms with Crippen LogP contribution in [0.25, 0.3) is 0 Å². The van der Waals surface area contributed by atoms with Crippen molar-refractivity contribution in [1.29, 1.82) is 0 Å². The lowest BCUT2D eigenvalue weighted by Crippen LogP contribution is -2.43. The summed E-state index contributed by atoms with van der Waals surface area (Å²) in [6.45, 7) is 19.9. The van der Waals surface area contributed by atoms with Crippen molar-refractivity contribution in [3.63, 3.8) is 0 Å². The number of nitrogens with one attached hydrogen (secondary N) is 1. The zero-order valence-corrected chi connectivity index (χ0v) is 16.8. The summed E-state index contributed by atoms with van der Waals surface area (Å²) in [6.07, 6.45) is 13.7. The first-order valence-corrected chi connectivity index (χ1v) is 8.35. The van der Waals surface area contributed by atoms with Crippen LogP contribution in [0.1, 0.15) is 34.1 Å². The van der Waals surface area contributed by atoms with Crippen LogP contribution in [-0.2, 0) is 4.74 Å². The first-order valence-electron chi connectivity index (χ1n) is 8.35. The molecule has 0 heterocycles. The van der Waals surface area contributed by atoms with Gasteiger partial charge in [-0.3, -0.25) is 4.99 Å². The molecule has 0 fully saturated rings. The smallest absolute Gasteiger partial charge is 0.410 e. The Hall–Kier alpha value is -2.74. The van der Waals surface area contributed by atoms with Gasteiger partial charge in [-0.1, -0.05) is 44.9 Å². The average Bonchev–Trinajstić information content (AvgIpc) is 2.58. The third-order valence-corrected chi connectivity index (χ3v) is 2.87. The minimum absolute atomic E-state index is 0.316. The van der Waals surface area contributed by atoms with E-state index < -0.39 is 5.60 Å². The summed E-state index contributed by atoms with van der Waals surface area (Å²) in [6, 6.07) is 0. The summed E-state index contributed by atoms with van der Waals surface area (Å²) < 4.78 is 5.45. The van der Waals surface area contributed by atoms with Crippen molar-refractivity contribution in [2.75, 3.05) is 20.1 Å². The molecular formula is C21H33N3O2. The highest BCUT2D eigenvalue weighted by atomic mass is 16.6. The van der Waals surface area contributed by atoms with E-state index in [1.807, 2.05) is 27.7 Å². The van der Waals surface area contributed by atoms with Gasteiger partial charge in [-0.15, -0.1) is 12.8 Å². The minimum Gasteiger partial charge on any atom is -0.444 e. The summed E-state index contributed by atoms with van der Waals surface area (Å²) in [4.78, 5) is 18.1. The summed E-state index contributed by atoms with van der Waals surface area (Å²) in [7, 11) is 1.66. The fraction of sp³-hybridized carbons (Fsp3) is 0.429. The van der Waals surface area contributed by atoms with Crippen LogP contribution in [0.4, 0.5) is 4.79 Å². The molecule has 144 valence electrons. The van der Waals surface area contributed by atoms with E-state index in [1.54, 1.807) is 30.2 Å². The second-order valence-electron chi connectivity index (χ2n) is 6.30. The maximum Gasteiger partial charge on any atom is 0.410 e. The molecule has 0 unspecified atom stereocenters. The molecule has 0 aromatic carbocycles. The molecular weight excluding hydrogens is 326 g/mol. The Bertz CT molecular complexity index is 564. The lowest BCUT2D eigenvalue weighted by atomic mass is 10.2.